The van der Waals surface area contributed by atoms with Gasteiger partial charge in [0.2, 0.25) is 0 Å². The Morgan fingerprint density at radius 2 is 2.02 bits per heavy atom. The van der Waals surface area contributed by atoms with Gasteiger partial charge in [-0.3, -0.25) is 4.79 Å². The molecule has 0 bridgehead atoms. The van der Waals surface area contributed by atoms with E-state index in [2.05, 4.69) is 17.5 Å². The number of nitrogens with zero attached hydrogens (tertiary/aromatic N) is 6. The molecule has 3 heterocycles. The highest BCUT2D eigenvalue weighted by atomic mass is 19.1. The third-order valence-corrected chi connectivity index (χ3v) is 9.02. The molecule has 0 unspecified atom stereocenters. The van der Waals surface area contributed by atoms with Gasteiger partial charge in [-0.15, -0.1) is 0 Å². The number of aromatic nitrogens is 2. The van der Waals surface area contributed by atoms with Gasteiger partial charge < -0.3 is 25.2 Å². The lowest BCUT2D eigenvalue weighted by Gasteiger charge is -2.42. The van der Waals surface area contributed by atoms with E-state index in [1.165, 1.54) is 11.0 Å². The van der Waals surface area contributed by atoms with Crippen LogP contribution in [0.2, 0.25) is 0 Å². The average molecular weight is 588 g/mol. The second-order valence-corrected chi connectivity index (χ2v) is 11.8. The van der Waals surface area contributed by atoms with E-state index in [-0.39, 0.29) is 24.8 Å². The summed E-state index contributed by atoms with van der Waals surface area (Å²) in [5.74, 6) is -1.39. The number of hydrogen-bond donors (Lipinski definition) is 1. The van der Waals surface area contributed by atoms with Crippen molar-refractivity contribution in [2.75, 3.05) is 42.6 Å². The Bertz CT molecular complexity index is 1630. The molecular formula is C32H35F2N7O2. The maximum absolute atomic E-state index is 14.6. The summed E-state index contributed by atoms with van der Waals surface area (Å²) in [7, 11) is 0. The summed E-state index contributed by atoms with van der Waals surface area (Å²) in [6.45, 7) is 7.31. The number of benzene rings is 2. The smallest absolute Gasteiger partial charge is 0.318 e. The quantitative estimate of drug-likeness (QED) is 0.407. The first-order valence-electron chi connectivity index (χ1n) is 14.7. The third kappa shape index (κ3) is 5.47. The molecule has 1 amide bonds. The summed E-state index contributed by atoms with van der Waals surface area (Å²) < 4.78 is 34.5. The lowest BCUT2D eigenvalue weighted by atomic mass is 9.78. The van der Waals surface area contributed by atoms with Gasteiger partial charge in [0.15, 0.2) is 5.83 Å². The number of ether oxygens (including phenoxy) is 1. The van der Waals surface area contributed by atoms with Crippen LogP contribution in [0.4, 0.5) is 20.3 Å². The van der Waals surface area contributed by atoms with Crippen LogP contribution >= 0.6 is 0 Å². The zero-order chi connectivity index (χ0) is 30.3. The van der Waals surface area contributed by atoms with Crippen LogP contribution in [0.25, 0.3) is 10.8 Å². The number of nitriles is 1. The predicted octanol–water partition coefficient (Wildman–Crippen LogP) is 4.31. The monoisotopic (exact) mass is 587 g/mol. The van der Waals surface area contributed by atoms with E-state index in [4.69, 9.17) is 20.4 Å². The molecule has 1 saturated carbocycles. The third-order valence-electron chi connectivity index (χ3n) is 9.02. The van der Waals surface area contributed by atoms with Crippen LogP contribution in [0.15, 0.2) is 42.7 Å². The Hall–Kier alpha value is -4.30. The first-order chi connectivity index (χ1) is 20.7. The molecule has 1 aromatic heterocycles. The van der Waals surface area contributed by atoms with Gasteiger partial charge in [-0.25, -0.2) is 8.78 Å². The number of anilines is 2. The minimum Gasteiger partial charge on any atom is -0.461 e. The van der Waals surface area contributed by atoms with E-state index < -0.39 is 23.3 Å². The van der Waals surface area contributed by atoms with E-state index in [0.29, 0.717) is 50.6 Å². The van der Waals surface area contributed by atoms with Gasteiger partial charge in [0.05, 0.1) is 36.3 Å². The average Bonchev–Trinajstić information content (AvgIpc) is 2.99. The van der Waals surface area contributed by atoms with Crippen molar-refractivity contribution < 1.29 is 18.3 Å². The molecule has 9 nitrogen and oxygen atoms in total. The molecular weight excluding hydrogens is 552 g/mol. The molecule has 6 rings (SSSR count). The van der Waals surface area contributed by atoms with Crippen LogP contribution < -0.4 is 20.3 Å². The number of hydrogen-bond acceptors (Lipinski definition) is 8. The highest BCUT2D eigenvalue weighted by Crippen LogP contribution is 2.37. The van der Waals surface area contributed by atoms with Crippen LogP contribution in [-0.4, -0.2) is 65.1 Å². The fraction of sp³-hybridized carbons (Fsp3) is 0.438. The number of halogens is 2. The summed E-state index contributed by atoms with van der Waals surface area (Å²) in [6, 6.07) is 11.1. The predicted molar refractivity (Wildman–Crippen MR) is 160 cm³/mol. The number of amides is 1. The van der Waals surface area contributed by atoms with E-state index in [9.17, 15) is 18.8 Å². The van der Waals surface area contributed by atoms with Gasteiger partial charge in [0.25, 0.3) is 5.91 Å². The van der Waals surface area contributed by atoms with Crippen molar-refractivity contribution in [2.24, 2.45) is 5.73 Å². The Balaban J connectivity index is 1.35. The number of rotatable bonds is 7. The zero-order valence-electron chi connectivity index (χ0n) is 24.3. The Labute approximate surface area is 249 Å². The van der Waals surface area contributed by atoms with Crippen LogP contribution in [0.5, 0.6) is 6.01 Å². The molecule has 2 fully saturated rings. The fourth-order valence-corrected chi connectivity index (χ4v) is 6.43. The van der Waals surface area contributed by atoms with E-state index in [1.54, 1.807) is 13.0 Å². The molecule has 3 aromatic rings. The van der Waals surface area contributed by atoms with Crippen molar-refractivity contribution in [1.82, 2.24) is 14.9 Å². The minimum absolute atomic E-state index is 0.0482. The van der Waals surface area contributed by atoms with Crippen molar-refractivity contribution in [3.05, 3.63) is 65.4 Å². The molecule has 0 radical (unpaired) electrons. The van der Waals surface area contributed by atoms with Crippen molar-refractivity contribution in [3.8, 4) is 12.1 Å². The highest BCUT2D eigenvalue weighted by molar-refractivity contribution is 5.97. The van der Waals surface area contributed by atoms with E-state index >= 15 is 0 Å². The van der Waals surface area contributed by atoms with Crippen molar-refractivity contribution in [3.63, 3.8) is 0 Å². The molecule has 2 aromatic carbocycles. The maximum Gasteiger partial charge on any atom is 0.318 e. The van der Waals surface area contributed by atoms with Crippen LogP contribution in [0.3, 0.4) is 0 Å². The summed E-state index contributed by atoms with van der Waals surface area (Å²) in [6.07, 6.45) is 3.49. The summed E-state index contributed by atoms with van der Waals surface area (Å²) >= 11 is 0. The number of carbonyl (C=O) groups is 1. The molecule has 0 spiro atoms. The van der Waals surface area contributed by atoms with Gasteiger partial charge in [0.1, 0.15) is 18.2 Å². The van der Waals surface area contributed by atoms with Crippen LogP contribution in [0, 0.1) is 24.1 Å². The number of nitrogens with two attached hydrogens (primary N) is 1. The Morgan fingerprint density at radius 1 is 1.21 bits per heavy atom. The highest BCUT2D eigenvalue weighted by Gasteiger charge is 2.36. The first kappa shape index (κ1) is 28.8. The van der Waals surface area contributed by atoms with Crippen molar-refractivity contribution in [2.45, 2.75) is 57.2 Å². The standard InChI is InChI=1S/C32H35F2N7O2/c1-20-25(34)8-7-22-5-3-6-27(28(20)22)39-14-10-24-26(18-39)37-31(43-19-32(36)11-4-12-32)38-29(24)40-15-16-41(30(42)21(2)33)23(17-40)9-13-35/h3,5-8,23H,2,4,9-12,14-19,36H2,1H3/t23-/m0/s1. The number of fused-ring (bicyclic) bond motifs is 2. The molecule has 1 atom stereocenters. The lowest BCUT2D eigenvalue weighted by molar-refractivity contribution is -0.131. The van der Waals surface area contributed by atoms with Crippen molar-refractivity contribution in [1.29, 1.82) is 5.26 Å². The summed E-state index contributed by atoms with van der Waals surface area (Å²) in [5, 5.41) is 11.3. The maximum atomic E-state index is 14.6. The molecule has 43 heavy (non-hydrogen) atoms. The fourth-order valence-electron chi connectivity index (χ4n) is 6.43. The summed E-state index contributed by atoms with van der Waals surface area (Å²) in [4.78, 5) is 27.8. The van der Waals surface area contributed by atoms with Crippen molar-refractivity contribution >= 4 is 28.2 Å². The largest absolute Gasteiger partial charge is 0.461 e. The van der Waals surface area contributed by atoms with E-state index in [0.717, 1.165) is 47.0 Å². The second kappa shape index (κ2) is 11.4. The van der Waals surface area contributed by atoms with Crippen LogP contribution in [0.1, 0.15) is 42.5 Å². The first-order valence-corrected chi connectivity index (χ1v) is 14.7. The number of carbonyl (C=O) groups excluding carboxylic acids is 1. The normalized spacial score (nSPS) is 19.4. The Morgan fingerprint density at radius 3 is 2.74 bits per heavy atom. The zero-order valence-corrected chi connectivity index (χ0v) is 24.3. The van der Waals surface area contributed by atoms with Gasteiger partial charge in [-0.1, -0.05) is 24.8 Å². The molecule has 224 valence electrons. The molecule has 2 aliphatic heterocycles. The topological polar surface area (TPSA) is 112 Å². The van der Waals surface area contributed by atoms with Gasteiger partial charge in [-0.05, 0) is 55.7 Å². The van der Waals surface area contributed by atoms with E-state index in [1.807, 2.05) is 23.1 Å². The second-order valence-electron chi connectivity index (χ2n) is 11.8. The Kier molecular flexibility index (Phi) is 7.65. The lowest BCUT2D eigenvalue weighted by Crippen LogP contribution is -2.56. The SMILES string of the molecule is C=C(F)C(=O)N1CCN(c2nc(OCC3(N)CCC3)nc3c2CCN(c2cccc4ccc(F)c(C)c24)C3)C[C@@H]1CC#N. The molecule has 11 heteroatoms. The van der Waals surface area contributed by atoms with Crippen LogP contribution in [-0.2, 0) is 17.8 Å². The molecule has 1 saturated heterocycles. The van der Waals surface area contributed by atoms with Gasteiger partial charge in [0, 0.05) is 42.8 Å². The van der Waals surface area contributed by atoms with Gasteiger partial charge in [-0.2, -0.15) is 15.2 Å². The number of aryl methyl sites for hydroxylation is 1. The molecule has 2 N–H and O–H groups in total. The number of piperazine rings is 1. The molecule has 3 aliphatic rings. The molecule has 1 aliphatic carbocycles. The summed E-state index contributed by atoms with van der Waals surface area (Å²) in [5.41, 5.74) is 9.33. The minimum atomic E-state index is -1.04. The van der Waals surface area contributed by atoms with Gasteiger partial charge >= 0.3 is 6.01 Å².